The summed E-state index contributed by atoms with van der Waals surface area (Å²) in [5.74, 6) is 0. The van der Waals surface area contributed by atoms with E-state index in [1.54, 1.807) is 0 Å². The summed E-state index contributed by atoms with van der Waals surface area (Å²) in [5, 5.41) is 1.36. The third kappa shape index (κ3) is 2.38. The van der Waals surface area contributed by atoms with Gasteiger partial charge in [-0.15, -0.1) is 0 Å². The van der Waals surface area contributed by atoms with Crippen LogP contribution in [-0.2, 0) is 4.74 Å². The average Bonchev–Trinajstić information content (AvgIpc) is 2.16. The summed E-state index contributed by atoms with van der Waals surface area (Å²) in [6.07, 6.45) is 1.86. The van der Waals surface area contributed by atoms with E-state index >= 15 is 0 Å². The Kier molecular flexibility index (Phi) is 3.05. The fourth-order valence-corrected chi connectivity index (χ4v) is 1.54. The van der Waals surface area contributed by atoms with Crippen molar-refractivity contribution in [2.24, 2.45) is 0 Å². The lowest BCUT2D eigenvalue weighted by Gasteiger charge is -2.31. The van der Waals surface area contributed by atoms with Gasteiger partial charge in [0.25, 0.3) is 0 Å². The summed E-state index contributed by atoms with van der Waals surface area (Å²) in [6.45, 7) is 2.75. The van der Waals surface area contributed by atoms with Crippen LogP contribution in [-0.4, -0.2) is 48.3 Å². The van der Waals surface area contributed by atoms with Crippen LogP contribution in [0.1, 0.15) is 19.3 Å². The molecule has 0 atom stereocenters. The molecular weight excluding hydrogens is 198 g/mol. The number of hydrazine groups is 1. The van der Waals surface area contributed by atoms with E-state index in [9.17, 15) is 9.59 Å². The number of ether oxygens (including phenoxy) is 1. The fraction of sp³-hybridized carbons (Fsp3) is 0.778. The molecule has 2 fully saturated rings. The van der Waals surface area contributed by atoms with Crippen LogP contribution in [0.3, 0.4) is 0 Å². The number of amides is 2. The minimum absolute atomic E-state index is 0.529. The molecule has 6 nitrogen and oxygen atoms in total. The van der Waals surface area contributed by atoms with Crippen molar-refractivity contribution in [2.75, 3.05) is 26.2 Å². The Bertz CT molecular complexity index is 259. The van der Waals surface area contributed by atoms with Crippen molar-refractivity contribution in [3.05, 3.63) is 0 Å². The zero-order chi connectivity index (χ0) is 10.7. The van der Waals surface area contributed by atoms with Crippen LogP contribution < -0.4 is 5.43 Å². The first-order valence-corrected chi connectivity index (χ1v) is 5.29. The van der Waals surface area contributed by atoms with E-state index in [2.05, 4.69) is 5.43 Å². The minimum Gasteiger partial charge on any atom is -0.358 e. The van der Waals surface area contributed by atoms with Crippen LogP contribution in [0.4, 0.5) is 9.59 Å². The maximum atomic E-state index is 11.4. The first-order valence-electron chi connectivity index (χ1n) is 5.29. The zero-order valence-electron chi connectivity index (χ0n) is 8.57. The van der Waals surface area contributed by atoms with Gasteiger partial charge in [-0.2, -0.15) is 0 Å². The zero-order valence-corrected chi connectivity index (χ0v) is 8.57. The summed E-state index contributed by atoms with van der Waals surface area (Å²) in [5.41, 5.74) is 2.89. The molecule has 2 aliphatic rings. The second kappa shape index (κ2) is 4.48. The van der Waals surface area contributed by atoms with Gasteiger partial charge in [0.15, 0.2) is 0 Å². The van der Waals surface area contributed by atoms with Gasteiger partial charge in [-0.25, -0.2) is 20.0 Å². The molecular formula is C9H15N3O3. The first-order chi connectivity index (χ1) is 7.27. The van der Waals surface area contributed by atoms with E-state index < -0.39 is 12.2 Å². The Morgan fingerprint density at radius 2 is 1.80 bits per heavy atom. The van der Waals surface area contributed by atoms with Crippen LogP contribution in [0.5, 0.6) is 0 Å². The van der Waals surface area contributed by atoms with Crippen molar-refractivity contribution in [3.63, 3.8) is 0 Å². The number of hydrogen-bond donors (Lipinski definition) is 1. The molecule has 15 heavy (non-hydrogen) atoms. The quantitative estimate of drug-likeness (QED) is 0.597. The molecule has 2 aliphatic heterocycles. The molecule has 0 aromatic carbocycles. The lowest BCUT2D eigenvalue weighted by Crippen LogP contribution is -2.50. The molecule has 2 saturated heterocycles. The molecule has 6 heteroatoms. The number of likely N-dealkylation sites (tertiary alicyclic amines) is 1. The highest BCUT2D eigenvalue weighted by Gasteiger charge is 2.26. The predicted octanol–water partition coefficient (Wildman–Crippen LogP) is 0.549. The average molecular weight is 213 g/mol. The Labute approximate surface area is 88.1 Å². The lowest BCUT2D eigenvalue weighted by atomic mass is 10.2. The van der Waals surface area contributed by atoms with Crippen LogP contribution in [0.15, 0.2) is 0 Å². The van der Waals surface area contributed by atoms with Gasteiger partial charge in [0, 0.05) is 26.2 Å². The Morgan fingerprint density at radius 1 is 1.00 bits per heavy atom. The molecule has 0 bridgehead atoms. The molecule has 0 unspecified atom stereocenters. The summed E-state index contributed by atoms with van der Waals surface area (Å²) in [7, 11) is 0. The molecule has 0 aromatic heterocycles. The van der Waals surface area contributed by atoms with Gasteiger partial charge in [-0.3, -0.25) is 0 Å². The smallest absolute Gasteiger partial charge is 0.358 e. The van der Waals surface area contributed by atoms with E-state index in [0.29, 0.717) is 19.6 Å². The van der Waals surface area contributed by atoms with E-state index in [4.69, 9.17) is 4.74 Å². The lowest BCUT2D eigenvalue weighted by molar-refractivity contribution is 0.0635. The third-order valence-corrected chi connectivity index (χ3v) is 2.62. The number of nitrogens with one attached hydrogen (secondary N) is 1. The maximum absolute atomic E-state index is 11.4. The van der Waals surface area contributed by atoms with Gasteiger partial charge in [-0.05, 0) is 19.3 Å². The monoisotopic (exact) mass is 213 g/mol. The van der Waals surface area contributed by atoms with Crippen LogP contribution in [0.2, 0.25) is 0 Å². The minimum atomic E-state index is -0.591. The molecule has 0 aliphatic carbocycles. The van der Waals surface area contributed by atoms with Crippen LogP contribution in [0.25, 0.3) is 0 Å². The highest BCUT2D eigenvalue weighted by Crippen LogP contribution is 2.09. The third-order valence-electron chi connectivity index (χ3n) is 2.62. The summed E-state index contributed by atoms with van der Waals surface area (Å²) in [4.78, 5) is 24.3. The number of hydrogen-bond acceptors (Lipinski definition) is 4. The van der Waals surface area contributed by atoms with E-state index in [-0.39, 0.29) is 0 Å². The van der Waals surface area contributed by atoms with E-state index in [0.717, 1.165) is 25.8 Å². The van der Waals surface area contributed by atoms with Gasteiger partial charge in [0.2, 0.25) is 0 Å². The van der Waals surface area contributed by atoms with Gasteiger partial charge in [-0.1, -0.05) is 0 Å². The number of carbonyl (C=O) groups excluding carboxylic acids is 2. The molecule has 84 valence electrons. The molecule has 0 spiro atoms. The van der Waals surface area contributed by atoms with Gasteiger partial charge < -0.3 is 9.64 Å². The van der Waals surface area contributed by atoms with Crippen molar-refractivity contribution in [1.82, 2.24) is 15.3 Å². The molecule has 2 amide bonds. The van der Waals surface area contributed by atoms with Gasteiger partial charge >= 0.3 is 12.2 Å². The summed E-state index contributed by atoms with van der Waals surface area (Å²) < 4.78 is 4.71. The van der Waals surface area contributed by atoms with Crippen molar-refractivity contribution in [3.8, 4) is 0 Å². The molecule has 1 N–H and O–H groups in total. The highest BCUT2D eigenvalue weighted by atomic mass is 16.6. The van der Waals surface area contributed by atoms with E-state index in [1.165, 1.54) is 9.91 Å². The SMILES string of the molecule is O=C(OC(=O)N1CCCCN1)N1CCC1. The molecule has 2 heterocycles. The van der Waals surface area contributed by atoms with Crippen LogP contribution in [0, 0.1) is 0 Å². The highest BCUT2D eigenvalue weighted by molar-refractivity contribution is 5.83. The number of carbonyl (C=O) groups is 2. The Hall–Kier alpha value is -1.30. The van der Waals surface area contributed by atoms with Gasteiger partial charge in [0.1, 0.15) is 0 Å². The Morgan fingerprint density at radius 3 is 2.33 bits per heavy atom. The van der Waals surface area contributed by atoms with Crippen LogP contribution >= 0.6 is 0 Å². The molecule has 0 saturated carbocycles. The predicted molar refractivity (Wildman–Crippen MR) is 52.0 cm³/mol. The van der Waals surface area contributed by atoms with Crippen molar-refractivity contribution >= 4 is 12.2 Å². The topological polar surface area (TPSA) is 61.9 Å². The van der Waals surface area contributed by atoms with Crippen molar-refractivity contribution < 1.29 is 14.3 Å². The van der Waals surface area contributed by atoms with Crippen molar-refractivity contribution in [2.45, 2.75) is 19.3 Å². The fourth-order valence-electron chi connectivity index (χ4n) is 1.54. The normalized spacial score (nSPS) is 20.8. The first kappa shape index (κ1) is 10.2. The van der Waals surface area contributed by atoms with Gasteiger partial charge in [0.05, 0.1) is 0 Å². The maximum Gasteiger partial charge on any atom is 0.433 e. The largest absolute Gasteiger partial charge is 0.433 e. The molecule has 0 radical (unpaired) electrons. The Balaban J connectivity index is 1.77. The standard InChI is InChI=1S/C9H15N3O3/c13-8(11-5-3-6-11)15-9(14)12-7-2-1-4-10-12/h10H,1-7H2. The van der Waals surface area contributed by atoms with E-state index in [1.807, 2.05) is 0 Å². The number of nitrogens with zero attached hydrogens (tertiary/aromatic N) is 2. The van der Waals surface area contributed by atoms with Crippen molar-refractivity contribution in [1.29, 1.82) is 0 Å². The number of rotatable bonds is 0. The summed E-state index contributed by atoms with van der Waals surface area (Å²) >= 11 is 0. The summed E-state index contributed by atoms with van der Waals surface area (Å²) in [6, 6.07) is 0. The molecule has 0 aromatic rings. The second-order valence-corrected chi connectivity index (χ2v) is 3.74. The molecule has 2 rings (SSSR count). The second-order valence-electron chi connectivity index (χ2n) is 3.74.